The molecule has 1 unspecified atom stereocenters. The summed E-state index contributed by atoms with van der Waals surface area (Å²) in [7, 11) is 0. The lowest BCUT2D eigenvalue weighted by Crippen LogP contribution is -2.29. The molecular weight excluding hydrogens is 305 g/mol. The van der Waals surface area contributed by atoms with Crippen LogP contribution in [0.3, 0.4) is 0 Å². The molecule has 1 aliphatic heterocycles. The lowest BCUT2D eigenvalue weighted by Gasteiger charge is -2.21. The van der Waals surface area contributed by atoms with E-state index in [0.29, 0.717) is 17.7 Å². The van der Waals surface area contributed by atoms with Crippen LogP contribution in [-0.2, 0) is 5.54 Å². The number of pyridine rings is 1. The molecule has 3 N–H and O–H groups in total. The molecule has 0 bridgehead atoms. The third-order valence-corrected chi connectivity index (χ3v) is 4.96. The summed E-state index contributed by atoms with van der Waals surface area (Å²) in [6.07, 6.45) is 0.246. The Morgan fingerprint density at radius 1 is 1.17 bits per heavy atom. The van der Waals surface area contributed by atoms with E-state index in [4.69, 9.17) is 10.5 Å². The quantitative estimate of drug-likeness (QED) is 0.906. The van der Waals surface area contributed by atoms with Gasteiger partial charge in [-0.2, -0.15) is 0 Å². The second kappa shape index (κ2) is 5.53. The summed E-state index contributed by atoms with van der Waals surface area (Å²) in [6.45, 7) is 5.94. The van der Waals surface area contributed by atoms with Gasteiger partial charge >= 0.3 is 0 Å². The van der Waals surface area contributed by atoms with E-state index in [1.54, 1.807) is 12.1 Å². The van der Waals surface area contributed by atoms with Crippen LogP contribution in [-0.4, -0.2) is 24.2 Å². The molecule has 0 amide bonds. The van der Waals surface area contributed by atoms with Gasteiger partial charge in [-0.25, -0.2) is 9.37 Å². The molecular formula is C19H22FN3O. The lowest BCUT2D eigenvalue weighted by atomic mass is 9.95. The Labute approximate surface area is 141 Å². The summed E-state index contributed by atoms with van der Waals surface area (Å²) < 4.78 is 19.3. The Kier molecular flexibility index (Phi) is 3.58. The van der Waals surface area contributed by atoms with Gasteiger partial charge in [0, 0.05) is 42.1 Å². The lowest BCUT2D eigenvalue weighted by molar-refractivity contribution is 0.251. The minimum atomic E-state index is -0.503. The third kappa shape index (κ3) is 2.89. The van der Waals surface area contributed by atoms with Crippen molar-refractivity contribution in [2.45, 2.75) is 25.5 Å². The maximum Gasteiger partial charge on any atom is 0.214 e. The van der Waals surface area contributed by atoms with Gasteiger partial charge in [0.15, 0.2) is 0 Å². The van der Waals surface area contributed by atoms with Crippen LogP contribution in [0.5, 0.6) is 5.88 Å². The molecule has 4 nitrogen and oxygen atoms in total. The molecule has 1 saturated heterocycles. The fourth-order valence-electron chi connectivity index (χ4n) is 3.38. The smallest absolute Gasteiger partial charge is 0.214 e. The number of ether oxygens (including phenoxy) is 1. The summed E-state index contributed by atoms with van der Waals surface area (Å²) in [5, 5.41) is 3.36. The number of benzene rings is 1. The highest BCUT2D eigenvalue weighted by Crippen LogP contribution is 2.44. The number of fused-ring (bicyclic) bond motifs is 1. The molecule has 2 fully saturated rings. The number of nitrogens with zero attached hydrogens (tertiary/aromatic N) is 1. The zero-order valence-electron chi connectivity index (χ0n) is 13.9. The number of halogens is 1. The summed E-state index contributed by atoms with van der Waals surface area (Å²) in [5.41, 5.74) is 8.34. The minimum absolute atomic E-state index is 0.246. The van der Waals surface area contributed by atoms with Gasteiger partial charge in [0.2, 0.25) is 5.88 Å². The van der Waals surface area contributed by atoms with E-state index in [-0.39, 0.29) is 11.9 Å². The van der Waals surface area contributed by atoms with Crippen molar-refractivity contribution in [2.24, 2.45) is 17.6 Å². The first-order valence-electron chi connectivity index (χ1n) is 8.36. The average molecular weight is 327 g/mol. The van der Waals surface area contributed by atoms with Crippen molar-refractivity contribution >= 4 is 0 Å². The Bertz CT molecular complexity index is 744. The maximum absolute atomic E-state index is 13.2. The molecule has 3 atom stereocenters. The SMILES string of the molecule is CC(C)(N)c1cc(OC2[C@H]3CNC[C@@H]23)nc(-c2ccc(F)cc2)c1. The van der Waals surface area contributed by atoms with Gasteiger partial charge in [0.1, 0.15) is 11.9 Å². The van der Waals surface area contributed by atoms with Crippen molar-refractivity contribution in [3.05, 3.63) is 47.8 Å². The Balaban J connectivity index is 1.67. The number of hydrogen-bond donors (Lipinski definition) is 2. The van der Waals surface area contributed by atoms with Gasteiger partial charge in [-0.3, -0.25) is 0 Å². The van der Waals surface area contributed by atoms with Gasteiger partial charge < -0.3 is 15.8 Å². The molecule has 1 aromatic heterocycles. The molecule has 24 heavy (non-hydrogen) atoms. The molecule has 4 rings (SSSR count). The van der Waals surface area contributed by atoms with E-state index >= 15 is 0 Å². The van der Waals surface area contributed by atoms with Crippen LogP contribution in [0.25, 0.3) is 11.3 Å². The van der Waals surface area contributed by atoms with Gasteiger partial charge in [0.05, 0.1) is 5.69 Å². The average Bonchev–Trinajstić information content (AvgIpc) is 2.95. The predicted octanol–water partition coefficient (Wildman–Crippen LogP) is 2.68. The molecule has 2 heterocycles. The topological polar surface area (TPSA) is 60.2 Å². The Morgan fingerprint density at radius 3 is 2.46 bits per heavy atom. The van der Waals surface area contributed by atoms with E-state index in [0.717, 1.165) is 29.9 Å². The zero-order chi connectivity index (χ0) is 16.9. The highest BCUT2D eigenvalue weighted by molar-refractivity contribution is 5.61. The van der Waals surface area contributed by atoms with Gasteiger partial charge in [-0.15, -0.1) is 0 Å². The van der Waals surface area contributed by atoms with Crippen molar-refractivity contribution in [3.8, 4) is 17.1 Å². The monoisotopic (exact) mass is 327 g/mol. The van der Waals surface area contributed by atoms with Crippen LogP contribution >= 0.6 is 0 Å². The molecule has 0 radical (unpaired) electrons. The van der Waals surface area contributed by atoms with Gasteiger partial charge in [-0.1, -0.05) is 0 Å². The van der Waals surface area contributed by atoms with Crippen molar-refractivity contribution < 1.29 is 9.13 Å². The number of aromatic nitrogens is 1. The third-order valence-electron chi connectivity index (χ3n) is 4.96. The van der Waals surface area contributed by atoms with E-state index in [1.165, 1.54) is 12.1 Å². The van der Waals surface area contributed by atoms with Crippen molar-refractivity contribution in [1.29, 1.82) is 0 Å². The number of nitrogens with two attached hydrogens (primary N) is 1. The zero-order valence-corrected chi connectivity index (χ0v) is 13.9. The van der Waals surface area contributed by atoms with Crippen LogP contribution in [0.4, 0.5) is 4.39 Å². The normalized spacial score (nSPS) is 25.4. The highest BCUT2D eigenvalue weighted by Gasteiger charge is 2.55. The second-order valence-electron chi connectivity index (χ2n) is 7.38. The summed E-state index contributed by atoms with van der Waals surface area (Å²) in [4.78, 5) is 4.63. The fraction of sp³-hybridized carbons (Fsp3) is 0.421. The summed E-state index contributed by atoms with van der Waals surface area (Å²) >= 11 is 0. The molecule has 2 aliphatic rings. The summed E-state index contributed by atoms with van der Waals surface area (Å²) in [5.74, 6) is 1.53. The van der Waals surface area contributed by atoms with Crippen molar-refractivity contribution in [3.63, 3.8) is 0 Å². The molecule has 1 aliphatic carbocycles. The van der Waals surface area contributed by atoms with Crippen LogP contribution in [0, 0.1) is 17.7 Å². The summed E-state index contributed by atoms with van der Waals surface area (Å²) in [6, 6.07) is 10.2. The number of piperidine rings is 1. The van der Waals surface area contributed by atoms with Gasteiger partial charge in [0.25, 0.3) is 0 Å². The van der Waals surface area contributed by atoms with E-state index < -0.39 is 5.54 Å². The second-order valence-corrected chi connectivity index (χ2v) is 7.38. The first-order chi connectivity index (χ1) is 11.4. The van der Waals surface area contributed by atoms with E-state index in [9.17, 15) is 4.39 Å². The van der Waals surface area contributed by atoms with Crippen LogP contribution in [0.15, 0.2) is 36.4 Å². The Morgan fingerprint density at radius 2 is 1.83 bits per heavy atom. The fourth-order valence-corrected chi connectivity index (χ4v) is 3.38. The Hall–Kier alpha value is -1.98. The standard InChI is InChI=1S/C19H22FN3O/c1-19(2,21)12-7-16(11-3-5-13(20)6-4-11)23-17(8-12)24-18-14-9-22-10-15(14)18/h3-8,14-15,18,22H,9-10,21H2,1-2H3/t14-,15+,18?. The number of hydrogen-bond acceptors (Lipinski definition) is 4. The first kappa shape index (κ1) is 15.5. The van der Waals surface area contributed by atoms with Crippen LogP contribution in [0.2, 0.25) is 0 Å². The minimum Gasteiger partial charge on any atom is -0.474 e. The van der Waals surface area contributed by atoms with Gasteiger partial charge in [-0.05, 0) is 49.7 Å². The number of rotatable bonds is 4. The molecule has 1 aromatic carbocycles. The van der Waals surface area contributed by atoms with Crippen molar-refractivity contribution in [2.75, 3.05) is 13.1 Å². The molecule has 126 valence electrons. The molecule has 1 saturated carbocycles. The van der Waals surface area contributed by atoms with Crippen molar-refractivity contribution in [1.82, 2.24) is 10.3 Å². The van der Waals surface area contributed by atoms with E-state index in [1.807, 2.05) is 26.0 Å². The van der Waals surface area contributed by atoms with E-state index in [2.05, 4.69) is 10.3 Å². The maximum atomic E-state index is 13.2. The first-order valence-corrected chi connectivity index (χ1v) is 8.36. The molecule has 2 aromatic rings. The molecule has 5 heteroatoms. The largest absolute Gasteiger partial charge is 0.474 e. The van der Waals surface area contributed by atoms with Crippen LogP contribution in [0.1, 0.15) is 19.4 Å². The van der Waals surface area contributed by atoms with Crippen LogP contribution < -0.4 is 15.8 Å². The molecule has 0 spiro atoms. The predicted molar refractivity (Wildman–Crippen MR) is 91.1 cm³/mol. The number of nitrogens with one attached hydrogen (secondary N) is 1. The highest BCUT2D eigenvalue weighted by atomic mass is 19.1.